The van der Waals surface area contributed by atoms with Crippen LogP contribution < -0.4 is 10.6 Å². The molecule has 2 heterocycles. The predicted molar refractivity (Wildman–Crippen MR) is 109 cm³/mol. The molecule has 0 spiro atoms. The van der Waals surface area contributed by atoms with E-state index in [9.17, 15) is 9.59 Å². The van der Waals surface area contributed by atoms with Crippen molar-refractivity contribution in [2.45, 2.75) is 19.4 Å². The van der Waals surface area contributed by atoms with Crippen LogP contribution in [0.5, 0.6) is 0 Å². The summed E-state index contributed by atoms with van der Waals surface area (Å²) >= 11 is 0. The largest absolute Gasteiger partial charge is 0.347 e. The molecule has 2 aromatic carbocycles. The number of likely N-dealkylation sites (tertiary alicyclic amines) is 1. The van der Waals surface area contributed by atoms with Gasteiger partial charge in [0.1, 0.15) is 5.69 Å². The summed E-state index contributed by atoms with van der Waals surface area (Å²) in [6, 6.07) is 18.8. The van der Waals surface area contributed by atoms with Crippen molar-refractivity contribution in [2.75, 3.05) is 18.4 Å². The van der Waals surface area contributed by atoms with Crippen LogP contribution in [0.15, 0.2) is 60.7 Å². The van der Waals surface area contributed by atoms with Gasteiger partial charge in [0.25, 0.3) is 5.91 Å². The molecule has 1 aliphatic rings. The lowest BCUT2D eigenvalue weighted by Crippen LogP contribution is -2.32. The SMILES string of the molecule is O=C(NCc1cccc(NC(=O)N2CCCC2)c1)c1ccc2ccccc2n1. The number of nitrogens with zero attached hydrogens (tertiary/aromatic N) is 2. The van der Waals surface area contributed by atoms with Gasteiger partial charge in [0, 0.05) is 30.7 Å². The maximum atomic E-state index is 12.4. The van der Waals surface area contributed by atoms with Gasteiger partial charge in [0.05, 0.1) is 5.52 Å². The van der Waals surface area contributed by atoms with Gasteiger partial charge in [0.2, 0.25) is 0 Å². The summed E-state index contributed by atoms with van der Waals surface area (Å²) in [6.07, 6.45) is 2.12. The molecule has 3 amide bonds. The summed E-state index contributed by atoms with van der Waals surface area (Å²) in [4.78, 5) is 30.9. The lowest BCUT2D eigenvalue weighted by molar-refractivity contribution is 0.0946. The lowest BCUT2D eigenvalue weighted by Gasteiger charge is -2.16. The van der Waals surface area contributed by atoms with E-state index < -0.39 is 0 Å². The number of carbonyl (C=O) groups excluding carboxylic acids is 2. The number of rotatable bonds is 4. The number of aromatic nitrogens is 1. The van der Waals surface area contributed by atoms with E-state index in [1.165, 1.54) is 0 Å². The number of pyridine rings is 1. The van der Waals surface area contributed by atoms with Crippen molar-refractivity contribution >= 4 is 28.5 Å². The molecule has 1 fully saturated rings. The van der Waals surface area contributed by atoms with Crippen molar-refractivity contribution in [1.82, 2.24) is 15.2 Å². The third-order valence-corrected chi connectivity index (χ3v) is 4.86. The normalized spacial score (nSPS) is 13.5. The molecule has 1 aliphatic heterocycles. The molecule has 0 radical (unpaired) electrons. The maximum absolute atomic E-state index is 12.4. The average molecular weight is 374 g/mol. The molecule has 142 valence electrons. The highest BCUT2D eigenvalue weighted by Gasteiger charge is 2.17. The zero-order chi connectivity index (χ0) is 19.3. The third kappa shape index (κ3) is 4.11. The highest BCUT2D eigenvalue weighted by molar-refractivity contribution is 5.95. The Bertz CT molecular complexity index is 1010. The fraction of sp³-hybridized carbons (Fsp3) is 0.227. The van der Waals surface area contributed by atoms with Gasteiger partial charge < -0.3 is 15.5 Å². The fourth-order valence-electron chi connectivity index (χ4n) is 3.35. The number of amides is 3. The minimum Gasteiger partial charge on any atom is -0.347 e. The average Bonchev–Trinajstić information content (AvgIpc) is 3.27. The number of urea groups is 1. The van der Waals surface area contributed by atoms with Crippen molar-refractivity contribution in [3.8, 4) is 0 Å². The van der Waals surface area contributed by atoms with Crippen LogP contribution in [0.2, 0.25) is 0 Å². The maximum Gasteiger partial charge on any atom is 0.321 e. The van der Waals surface area contributed by atoms with Crippen LogP contribution in [0.3, 0.4) is 0 Å². The second-order valence-corrected chi connectivity index (χ2v) is 6.90. The number of fused-ring (bicyclic) bond motifs is 1. The van der Waals surface area contributed by atoms with Crippen LogP contribution in [0.4, 0.5) is 10.5 Å². The van der Waals surface area contributed by atoms with E-state index in [1.807, 2.05) is 59.5 Å². The van der Waals surface area contributed by atoms with Crippen LogP contribution in [0, 0.1) is 0 Å². The van der Waals surface area contributed by atoms with Gasteiger partial charge in [-0.05, 0) is 42.7 Å². The minimum absolute atomic E-state index is 0.0703. The molecule has 6 heteroatoms. The molecule has 0 unspecified atom stereocenters. The monoisotopic (exact) mass is 374 g/mol. The van der Waals surface area contributed by atoms with Crippen LogP contribution in [0.1, 0.15) is 28.9 Å². The van der Waals surface area contributed by atoms with Crippen LogP contribution in [0.25, 0.3) is 10.9 Å². The van der Waals surface area contributed by atoms with Gasteiger partial charge in [-0.2, -0.15) is 0 Å². The third-order valence-electron chi connectivity index (χ3n) is 4.86. The van der Waals surface area contributed by atoms with Crippen molar-refractivity contribution in [1.29, 1.82) is 0 Å². The standard InChI is InChI=1S/C22H22N4O2/c27-21(20-11-10-17-7-1-2-9-19(17)25-20)23-15-16-6-5-8-18(14-16)24-22(28)26-12-3-4-13-26/h1-2,5-11,14H,3-4,12-13,15H2,(H,23,27)(H,24,28). The van der Waals surface area contributed by atoms with Crippen LogP contribution in [-0.4, -0.2) is 34.9 Å². The van der Waals surface area contributed by atoms with Gasteiger partial charge in [-0.3, -0.25) is 4.79 Å². The first-order valence-electron chi connectivity index (χ1n) is 9.48. The van der Waals surface area contributed by atoms with Crippen molar-refractivity contribution < 1.29 is 9.59 Å². The van der Waals surface area contributed by atoms with E-state index in [-0.39, 0.29) is 11.9 Å². The molecule has 1 aromatic heterocycles. The Hall–Kier alpha value is -3.41. The summed E-state index contributed by atoms with van der Waals surface area (Å²) in [5.41, 5.74) is 2.82. The van der Waals surface area contributed by atoms with E-state index in [4.69, 9.17) is 0 Å². The molecular formula is C22H22N4O2. The van der Waals surface area contributed by atoms with Crippen LogP contribution >= 0.6 is 0 Å². The highest BCUT2D eigenvalue weighted by Crippen LogP contribution is 2.15. The number of carbonyl (C=O) groups is 2. The molecule has 4 rings (SSSR count). The number of hydrogen-bond donors (Lipinski definition) is 2. The minimum atomic E-state index is -0.225. The number of nitrogens with one attached hydrogen (secondary N) is 2. The van der Waals surface area contributed by atoms with Gasteiger partial charge in [-0.15, -0.1) is 0 Å². The van der Waals surface area contributed by atoms with E-state index >= 15 is 0 Å². The van der Waals surface area contributed by atoms with Gasteiger partial charge in [-0.25, -0.2) is 9.78 Å². The molecular weight excluding hydrogens is 352 g/mol. The summed E-state index contributed by atoms with van der Waals surface area (Å²) in [5, 5.41) is 6.82. The van der Waals surface area contributed by atoms with E-state index in [0.717, 1.165) is 48.1 Å². The molecule has 2 N–H and O–H groups in total. The molecule has 0 atom stereocenters. The summed E-state index contributed by atoms with van der Waals surface area (Å²) < 4.78 is 0. The Labute approximate surface area is 163 Å². The number of para-hydroxylation sites is 1. The Balaban J connectivity index is 1.38. The van der Waals surface area contributed by atoms with E-state index in [0.29, 0.717) is 12.2 Å². The van der Waals surface area contributed by atoms with Gasteiger partial charge >= 0.3 is 6.03 Å². The topological polar surface area (TPSA) is 74.3 Å². The fourth-order valence-corrected chi connectivity index (χ4v) is 3.35. The quantitative estimate of drug-likeness (QED) is 0.730. The molecule has 6 nitrogen and oxygen atoms in total. The number of anilines is 1. The second-order valence-electron chi connectivity index (χ2n) is 6.90. The Morgan fingerprint density at radius 2 is 1.79 bits per heavy atom. The number of hydrogen-bond acceptors (Lipinski definition) is 3. The highest BCUT2D eigenvalue weighted by atomic mass is 16.2. The summed E-state index contributed by atoms with van der Waals surface area (Å²) in [6.45, 7) is 1.97. The lowest BCUT2D eigenvalue weighted by atomic mass is 10.2. The van der Waals surface area contributed by atoms with Crippen LogP contribution in [-0.2, 0) is 6.54 Å². The van der Waals surface area contributed by atoms with Crippen molar-refractivity contribution in [3.63, 3.8) is 0 Å². The molecule has 0 bridgehead atoms. The predicted octanol–water partition coefficient (Wildman–Crippen LogP) is 3.79. The summed E-state index contributed by atoms with van der Waals surface area (Å²) in [7, 11) is 0. The summed E-state index contributed by atoms with van der Waals surface area (Å²) in [5.74, 6) is -0.225. The Morgan fingerprint density at radius 1 is 0.964 bits per heavy atom. The van der Waals surface area contributed by atoms with Gasteiger partial charge in [0.15, 0.2) is 0 Å². The van der Waals surface area contributed by atoms with Crippen molar-refractivity contribution in [2.24, 2.45) is 0 Å². The molecule has 1 saturated heterocycles. The molecule has 0 aliphatic carbocycles. The number of benzene rings is 2. The zero-order valence-electron chi connectivity index (χ0n) is 15.5. The first-order chi connectivity index (χ1) is 13.7. The van der Waals surface area contributed by atoms with Crippen molar-refractivity contribution in [3.05, 3.63) is 71.9 Å². The van der Waals surface area contributed by atoms with E-state index in [1.54, 1.807) is 6.07 Å². The first kappa shape index (κ1) is 18.0. The molecule has 28 heavy (non-hydrogen) atoms. The first-order valence-corrected chi connectivity index (χ1v) is 9.48. The smallest absolute Gasteiger partial charge is 0.321 e. The van der Waals surface area contributed by atoms with E-state index in [2.05, 4.69) is 15.6 Å². The van der Waals surface area contributed by atoms with Gasteiger partial charge in [-0.1, -0.05) is 36.4 Å². The molecule has 3 aromatic rings. The second kappa shape index (κ2) is 8.08. The zero-order valence-corrected chi connectivity index (χ0v) is 15.5. The Kier molecular flexibility index (Phi) is 5.19. The Morgan fingerprint density at radius 3 is 2.64 bits per heavy atom. The molecule has 0 saturated carbocycles.